The van der Waals surface area contributed by atoms with Gasteiger partial charge < -0.3 is 0 Å². The lowest BCUT2D eigenvalue weighted by Gasteiger charge is -1.93. The summed E-state index contributed by atoms with van der Waals surface area (Å²) < 4.78 is 0. The SMILES string of the molecule is C#CCN=CC=C(C)C(=C)C. The second-order valence-electron chi connectivity index (χ2n) is 2.32. The van der Waals surface area contributed by atoms with Gasteiger partial charge in [-0.2, -0.15) is 0 Å². The Morgan fingerprint density at radius 1 is 1.64 bits per heavy atom. The van der Waals surface area contributed by atoms with Crippen molar-refractivity contribution in [1.29, 1.82) is 0 Å². The first-order valence-electron chi connectivity index (χ1n) is 3.44. The molecule has 0 aromatic heterocycles. The molecule has 0 radical (unpaired) electrons. The molecule has 0 aromatic carbocycles. The van der Waals surface area contributed by atoms with Gasteiger partial charge in [0.2, 0.25) is 0 Å². The van der Waals surface area contributed by atoms with Crippen LogP contribution in [0.15, 0.2) is 28.8 Å². The molecule has 0 N–H and O–H groups in total. The molecule has 0 aromatic rings. The molecular weight excluding hydrogens is 134 g/mol. The molecule has 0 spiro atoms. The van der Waals surface area contributed by atoms with E-state index >= 15 is 0 Å². The summed E-state index contributed by atoms with van der Waals surface area (Å²) in [7, 11) is 0. The smallest absolute Gasteiger partial charge is 0.0994 e. The van der Waals surface area contributed by atoms with Crippen molar-refractivity contribution < 1.29 is 0 Å². The van der Waals surface area contributed by atoms with Crippen LogP contribution in [0.4, 0.5) is 0 Å². The van der Waals surface area contributed by atoms with Crippen LogP contribution in [0.3, 0.4) is 0 Å². The Labute approximate surface area is 68.5 Å². The normalized spacial score (nSPS) is 11.5. The minimum Gasteiger partial charge on any atom is -0.280 e. The summed E-state index contributed by atoms with van der Waals surface area (Å²) in [5.41, 5.74) is 2.18. The Kier molecular flexibility index (Phi) is 4.85. The fraction of sp³-hybridized carbons (Fsp3) is 0.300. The molecule has 58 valence electrons. The van der Waals surface area contributed by atoms with Gasteiger partial charge >= 0.3 is 0 Å². The van der Waals surface area contributed by atoms with Crippen molar-refractivity contribution in [2.75, 3.05) is 6.54 Å². The van der Waals surface area contributed by atoms with Gasteiger partial charge in [0.25, 0.3) is 0 Å². The molecule has 11 heavy (non-hydrogen) atoms. The third-order valence-corrected chi connectivity index (χ3v) is 1.29. The van der Waals surface area contributed by atoms with E-state index in [4.69, 9.17) is 6.42 Å². The van der Waals surface area contributed by atoms with E-state index in [1.165, 1.54) is 0 Å². The Hall–Kier alpha value is -1.29. The van der Waals surface area contributed by atoms with Crippen molar-refractivity contribution in [2.24, 2.45) is 4.99 Å². The topological polar surface area (TPSA) is 12.4 Å². The van der Waals surface area contributed by atoms with Crippen LogP contribution in [0.1, 0.15) is 13.8 Å². The van der Waals surface area contributed by atoms with Crippen LogP contribution in [0, 0.1) is 12.3 Å². The standard InChI is InChI=1S/C10H13N/c1-5-7-11-8-6-10(4)9(2)3/h1,6,8H,2,7H2,3-4H3. The number of rotatable bonds is 3. The van der Waals surface area contributed by atoms with Crippen molar-refractivity contribution in [1.82, 2.24) is 0 Å². The fourth-order valence-corrected chi connectivity index (χ4v) is 0.412. The highest BCUT2D eigenvalue weighted by molar-refractivity contribution is 5.73. The summed E-state index contributed by atoms with van der Waals surface area (Å²) in [6, 6.07) is 0. The van der Waals surface area contributed by atoms with E-state index in [1.807, 2.05) is 19.9 Å². The van der Waals surface area contributed by atoms with Gasteiger partial charge in [0.15, 0.2) is 0 Å². The molecule has 0 unspecified atom stereocenters. The van der Waals surface area contributed by atoms with Crippen LogP contribution in [-0.4, -0.2) is 12.8 Å². The minimum absolute atomic E-state index is 0.444. The van der Waals surface area contributed by atoms with Gasteiger partial charge in [0.05, 0.1) is 6.54 Å². The maximum Gasteiger partial charge on any atom is 0.0994 e. The van der Waals surface area contributed by atoms with Gasteiger partial charge in [-0.15, -0.1) is 6.42 Å². The first kappa shape index (κ1) is 9.71. The molecule has 0 bridgehead atoms. The Balaban J connectivity index is 3.94. The first-order chi connectivity index (χ1) is 5.18. The third-order valence-electron chi connectivity index (χ3n) is 1.29. The van der Waals surface area contributed by atoms with Crippen molar-refractivity contribution in [3.8, 4) is 12.3 Å². The summed E-state index contributed by atoms with van der Waals surface area (Å²) in [5, 5.41) is 0. The van der Waals surface area contributed by atoms with Crippen LogP contribution in [0.25, 0.3) is 0 Å². The minimum atomic E-state index is 0.444. The summed E-state index contributed by atoms with van der Waals surface area (Å²) in [4.78, 5) is 3.93. The van der Waals surface area contributed by atoms with Crippen molar-refractivity contribution in [3.05, 3.63) is 23.8 Å². The van der Waals surface area contributed by atoms with Crippen molar-refractivity contribution in [2.45, 2.75) is 13.8 Å². The van der Waals surface area contributed by atoms with E-state index < -0.39 is 0 Å². The van der Waals surface area contributed by atoms with Gasteiger partial charge in [0, 0.05) is 6.21 Å². The molecule has 0 heterocycles. The van der Waals surface area contributed by atoms with Gasteiger partial charge in [-0.3, -0.25) is 4.99 Å². The second kappa shape index (κ2) is 5.49. The van der Waals surface area contributed by atoms with E-state index in [1.54, 1.807) is 6.21 Å². The van der Waals surface area contributed by atoms with Gasteiger partial charge in [-0.05, 0) is 25.5 Å². The largest absolute Gasteiger partial charge is 0.280 e. The van der Waals surface area contributed by atoms with Gasteiger partial charge in [-0.1, -0.05) is 18.1 Å². The highest BCUT2D eigenvalue weighted by Gasteiger charge is 1.84. The summed E-state index contributed by atoms with van der Waals surface area (Å²) in [6.45, 7) is 8.18. The molecular formula is C10H13N. The molecule has 0 rings (SSSR count). The van der Waals surface area contributed by atoms with Gasteiger partial charge in [0.1, 0.15) is 0 Å². The van der Waals surface area contributed by atoms with Crippen molar-refractivity contribution in [3.63, 3.8) is 0 Å². The van der Waals surface area contributed by atoms with E-state index in [2.05, 4.69) is 17.5 Å². The Bertz CT molecular complexity index is 226. The molecule has 1 heteroatoms. The van der Waals surface area contributed by atoms with Crippen LogP contribution in [0.2, 0.25) is 0 Å². The molecule has 1 nitrogen and oxygen atoms in total. The first-order valence-corrected chi connectivity index (χ1v) is 3.44. The average molecular weight is 147 g/mol. The van der Waals surface area contributed by atoms with E-state index in [9.17, 15) is 0 Å². The summed E-state index contributed by atoms with van der Waals surface area (Å²) in [5.74, 6) is 2.42. The number of terminal acetylenes is 1. The number of aliphatic imine (C=N–C) groups is 1. The van der Waals surface area contributed by atoms with Crippen LogP contribution >= 0.6 is 0 Å². The highest BCUT2D eigenvalue weighted by atomic mass is 14.7. The second-order valence-corrected chi connectivity index (χ2v) is 2.32. The molecule has 0 aliphatic rings. The van der Waals surface area contributed by atoms with Crippen LogP contribution in [-0.2, 0) is 0 Å². The van der Waals surface area contributed by atoms with Crippen LogP contribution < -0.4 is 0 Å². The zero-order valence-electron chi connectivity index (χ0n) is 7.09. The lowest BCUT2D eigenvalue weighted by atomic mass is 10.1. The summed E-state index contributed by atoms with van der Waals surface area (Å²) in [6.07, 6.45) is 8.62. The third kappa shape index (κ3) is 5.17. The Morgan fingerprint density at radius 2 is 2.27 bits per heavy atom. The number of hydrogen-bond donors (Lipinski definition) is 0. The van der Waals surface area contributed by atoms with E-state index in [0.717, 1.165) is 11.1 Å². The lowest BCUT2D eigenvalue weighted by molar-refractivity contribution is 1.30. The summed E-state index contributed by atoms with van der Waals surface area (Å²) >= 11 is 0. The highest BCUT2D eigenvalue weighted by Crippen LogP contribution is 2.02. The molecule has 0 atom stereocenters. The molecule has 0 aliphatic carbocycles. The number of hydrogen-bond acceptors (Lipinski definition) is 1. The molecule has 0 saturated heterocycles. The van der Waals surface area contributed by atoms with E-state index in [0.29, 0.717) is 6.54 Å². The predicted molar refractivity (Wildman–Crippen MR) is 50.8 cm³/mol. The van der Waals surface area contributed by atoms with Crippen LogP contribution in [0.5, 0.6) is 0 Å². The maximum atomic E-state index is 5.00. The molecule has 0 saturated carbocycles. The average Bonchev–Trinajstić information content (AvgIpc) is 1.97. The van der Waals surface area contributed by atoms with Gasteiger partial charge in [-0.25, -0.2) is 0 Å². The maximum absolute atomic E-state index is 5.00. The quantitative estimate of drug-likeness (QED) is 0.330. The van der Waals surface area contributed by atoms with E-state index in [-0.39, 0.29) is 0 Å². The molecule has 0 fully saturated rings. The lowest BCUT2D eigenvalue weighted by Crippen LogP contribution is -1.78. The Morgan fingerprint density at radius 3 is 2.73 bits per heavy atom. The predicted octanol–water partition coefficient (Wildman–Crippen LogP) is 2.21. The monoisotopic (exact) mass is 147 g/mol. The fourth-order valence-electron chi connectivity index (χ4n) is 0.412. The zero-order chi connectivity index (χ0) is 8.69. The molecule has 0 aliphatic heterocycles. The zero-order valence-corrected chi connectivity index (χ0v) is 7.09. The number of allylic oxidation sites excluding steroid dienone is 3. The van der Waals surface area contributed by atoms with Crippen molar-refractivity contribution >= 4 is 6.21 Å². The molecule has 0 amide bonds. The number of nitrogens with zero attached hydrogens (tertiary/aromatic N) is 1.